The summed E-state index contributed by atoms with van der Waals surface area (Å²) in [4.78, 5) is 36.9. The highest BCUT2D eigenvalue weighted by atomic mass is 16.5. The molecule has 4 aliphatic carbocycles. The van der Waals surface area contributed by atoms with Gasteiger partial charge in [0.1, 0.15) is 12.1 Å². The molecule has 10 nitrogen and oxygen atoms in total. The number of carboxylic acids is 2. The minimum absolute atomic E-state index is 0.0129. The third kappa shape index (κ3) is 9.80. The van der Waals surface area contributed by atoms with Crippen LogP contribution in [0.5, 0.6) is 0 Å². The maximum Gasteiger partial charge on any atom is 0.331 e. The first-order chi connectivity index (χ1) is 23.5. The van der Waals surface area contributed by atoms with Crippen LogP contribution in [-0.4, -0.2) is 52.8 Å². The fraction of sp³-hybridized carbons (Fsp3) is 0.750. The molecular formula is C40H66N4O6. The number of hydrogen-bond acceptors (Lipinski definition) is 6. The first kappa shape index (κ1) is 41.3. The molecule has 50 heavy (non-hydrogen) atoms. The molecule has 0 aromatic carbocycles. The lowest BCUT2D eigenvalue weighted by Crippen LogP contribution is -2.53. The topological polar surface area (TPSA) is 191 Å². The first-order valence-electron chi connectivity index (χ1n) is 19.0. The van der Waals surface area contributed by atoms with Gasteiger partial charge in [0, 0.05) is 18.7 Å². The summed E-state index contributed by atoms with van der Waals surface area (Å²) in [7, 11) is 0. The van der Waals surface area contributed by atoms with E-state index in [4.69, 9.17) is 32.2 Å². The Kier molecular flexibility index (Phi) is 14.8. The van der Waals surface area contributed by atoms with Crippen LogP contribution < -0.4 is 17.2 Å². The van der Waals surface area contributed by atoms with E-state index in [1.165, 1.54) is 50.5 Å². The van der Waals surface area contributed by atoms with Crippen LogP contribution in [0, 0.1) is 46.3 Å². The van der Waals surface area contributed by atoms with Crippen molar-refractivity contribution in [1.82, 2.24) is 0 Å². The van der Waals surface area contributed by atoms with Crippen LogP contribution in [0.1, 0.15) is 126 Å². The number of aliphatic carboxylic acids is 2. The summed E-state index contributed by atoms with van der Waals surface area (Å²) in [6.45, 7) is 17.2. The SMILES string of the molecule is CCC(CCC(C)C1CCC2C3=CCC4C(C)C(OC(=O)/C=C/C(=O)O)CCC4(C)C3CCC21C)=C(C)C.NC(N)=NCCCC(N)C(=O)O. The Morgan fingerprint density at radius 1 is 1.02 bits per heavy atom. The number of nitrogens with two attached hydrogens (primary N) is 3. The van der Waals surface area contributed by atoms with Gasteiger partial charge >= 0.3 is 17.9 Å². The van der Waals surface area contributed by atoms with Crippen LogP contribution in [0.15, 0.2) is 39.9 Å². The van der Waals surface area contributed by atoms with Crippen LogP contribution in [0.3, 0.4) is 0 Å². The maximum absolute atomic E-state index is 12.2. The second kappa shape index (κ2) is 17.9. The van der Waals surface area contributed by atoms with Gasteiger partial charge in [-0.3, -0.25) is 9.79 Å². The molecule has 10 atom stereocenters. The standard InChI is InChI=1S/C34H52O4.C6H14N4O2/c1-8-24(21(2)3)10-9-22(4)26-13-14-28-25-11-12-27-23(5)30(38-32(37)16-15-31(35)36)18-20-34(27,7)29(25)17-19-33(26,28)6;7-4(5(11)12)2-1-3-10-6(8)9/h11,15-16,22-23,26-30H,8-10,12-14,17-20H2,1-7H3,(H,35,36);4H,1-3,7H2,(H,11,12)(H4,8,9,10)/b16-15+;. The number of carbonyl (C=O) groups excluding carboxylic acids is 1. The van der Waals surface area contributed by atoms with Gasteiger partial charge in [0.15, 0.2) is 5.96 Å². The first-order valence-corrected chi connectivity index (χ1v) is 19.0. The van der Waals surface area contributed by atoms with Crippen molar-refractivity contribution in [3.05, 3.63) is 34.9 Å². The molecule has 4 rings (SSSR count). The summed E-state index contributed by atoms with van der Waals surface area (Å²) >= 11 is 0. The fourth-order valence-electron chi connectivity index (χ4n) is 10.4. The third-order valence-corrected chi connectivity index (χ3v) is 13.3. The maximum atomic E-state index is 12.2. The third-order valence-electron chi connectivity index (χ3n) is 13.3. The van der Waals surface area contributed by atoms with E-state index in [1.54, 1.807) is 11.1 Å². The summed E-state index contributed by atoms with van der Waals surface area (Å²) in [5.41, 5.74) is 21.0. The van der Waals surface area contributed by atoms with Crippen molar-refractivity contribution in [3.8, 4) is 0 Å². The van der Waals surface area contributed by atoms with Crippen LogP contribution in [-0.2, 0) is 19.1 Å². The number of hydrogen-bond donors (Lipinski definition) is 5. The van der Waals surface area contributed by atoms with Crippen molar-refractivity contribution in [2.24, 2.45) is 68.5 Å². The summed E-state index contributed by atoms with van der Waals surface area (Å²) in [5, 5.41) is 17.2. The van der Waals surface area contributed by atoms with Crippen molar-refractivity contribution < 1.29 is 29.3 Å². The quantitative estimate of drug-likeness (QED) is 0.0337. The molecule has 0 aromatic heterocycles. The molecule has 0 spiro atoms. The predicted octanol–water partition coefficient (Wildman–Crippen LogP) is 6.98. The smallest absolute Gasteiger partial charge is 0.331 e. The predicted molar refractivity (Wildman–Crippen MR) is 199 cm³/mol. The van der Waals surface area contributed by atoms with E-state index >= 15 is 0 Å². The molecule has 0 radical (unpaired) electrons. The number of carboxylic acid groups (broad SMARTS) is 2. The molecule has 8 N–H and O–H groups in total. The van der Waals surface area contributed by atoms with E-state index < -0.39 is 23.9 Å². The Balaban J connectivity index is 0.000000482. The summed E-state index contributed by atoms with van der Waals surface area (Å²) in [5.74, 6) is 1.11. The summed E-state index contributed by atoms with van der Waals surface area (Å²) in [6, 6.07) is -0.820. The highest BCUT2D eigenvalue weighted by molar-refractivity contribution is 5.90. The van der Waals surface area contributed by atoms with Gasteiger partial charge in [0.2, 0.25) is 0 Å². The summed E-state index contributed by atoms with van der Waals surface area (Å²) in [6.07, 6.45) is 17.5. The molecule has 0 aliphatic heterocycles. The Morgan fingerprint density at radius 2 is 1.68 bits per heavy atom. The Hall–Kier alpha value is -3.14. The van der Waals surface area contributed by atoms with Gasteiger partial charge < -0.3 is 32.2 Å². The Bertz CT molecular complexity index is 1330. The number of nitrogens with zero attached hydrogens (tertiary/aromatic N) is 1. The molecule has 0 amide bonds. The second-order valence-electron chi connectivity index (χ2n) is 16.3. The molecule has 4 aliphatic rings. The number of allylic oxidation sites excluding steroid dienone is 4. The van der Waals surface area contributed by atoms with Crippen molar-refractivity contribution in [1.29, 1.82) is 0 Å². The van der Waals surface area contributed by atoms with Gasteiger partial charge in [-0.25, -0.2) is 9.59 Å². The molecule has 282 valence electrons. The minimum atomic E-state index is -1.12. The van der Waals surface area contributed by atoms with Gasteiger partial charge in [0.25, 0.3) is 0 Å². The molecule has 10 unspecified atom stereocenters. The zero-order valence-electron chi connectivity index (χ0n) is 31.7. The summed E-state index contributed by atoms with van der Waals surface area (Å²) < 4.78 is 5.76. The Labute approximate surface area is 300 Å². The van der Waals surface area contributed by atoms with Crippen LogP contribution in [0.4, 0.5) is 0 Å². The number of aliphatic imine (C=N–C) groups is 1. The van der Waals surface area contributed by atoms with Crippen LogP contribution in [0.2, 0.25) is 0 Å². The minimum Gasteiger partial charge on any atom is -0.480 e. The largest absolute Gasteiger partial charge is 0.480 e. The van der Waals surface area contributed by atoms with E-state index in [-0.39, 0.29) is 23.4 Å². The van der Waals surface area contributed by atoms with Crippen LogP contribution >= 0.6 is 0 Å². The van der Waals surface area contributed by atoms with E-state index in [9.17, 15) is 14.4 Å². The number of rotatable bonds is 13. The number of fused-ring (bicyclic) bond motifs is 5. The van der Waals surface area contributed by atoms with Crippen molar-refractivity contribution >= 4 is 23.9 Å². The zero-order chi connectivity index (χ0) is 37.4. The van der Waals surface area contributed by atoms with Gasteiger partial charge in [-0.15, -0.1) is 0 Å². The Morgan fingerprint density at radius 3 is 2.28 bits per heavy atom. The average molecular weight is 699 g/mol. The number of ether oxygens (including phenoxy) is 1. The van der Waals surface area contributed by atoms with E-state index in [0.29, 0.717) is 36.6 Å². The second-order valence-corrected chi connectivity index (χ2v) is 16.3. The molecule has 0 bridgehead atoms. The lowest BCUT2D eigenvalue weighted by atomic mass is 9.46. The van der Waals surface area contributed by atoms with Gasteiger partial charge in [0.05, 0.1) is 0 Å². The molecule has 0 aromatic rings. The zero-order valence-corrected chi connectivity index (χ0v) is 31.7. The normalized spacial score (nSPS) is 32.5. The molecule has 3 fully saturated rings. The van der Waals surface area contributed by atoms with E-state index in [0.717, 1.165) is 49.2 Å². The monoisotopic (exact) mass is 698 g/mol. The average Bonchev–Trinajstić information content (AvgIpc) is 3.41. The number of guanidine groups is 1. The highest BCUT2D eigenvalue weighted by Crippen LogP contribution is 2.67. The van der Waals surface area contributed by atoms with Crippen LogP contribution in [0.25, 0.3) is 0 Å². The molecule has 3 saturated carbocycles. The van der Waals surface area contributed by atoms with Gasteiger partial charge in [-0.2, -0.15) is 0 Å². The van der Waals surface area contributed by atoms with E-state index in [2.05, 4.69) is 59.5 Å². The molecule has 0 saturated heterocycles. The van der Waals surface area contributed by atoms with Crippen molar-refractivity contribution in [2.45, 2.75) is 138 Å². The molecule has 10 heteroatoms. The van der Waals surface area contributed by atoms with Crippen molar-refractivity contribution in [3.63, 3.8) is 0 Å². The fourth-order valence-corrected chi connectivity index (χ4v) is 10.4. The number of carbonyl (C=O) groups is 3. The van der Waals surface area contributed by atoms with Gasteiger partial charge in [-0.05, 0) is 137 Å². The van der Waals surface area contributed by atoms with Crippen molar-refractivity contribution in [2.75, 3.05) is 6.54 Å². The van der Waals surface area contributed by atoms with E-state index in [1.807, 2.05) is 0 Å². The highest BCUT2D eigenvalue weighted by Gasteiger charge is 2.59. The van der Waals surface area contributed by atoms with Gasteiger partial charge in [-0.1, -0.05) is 57.4 Å². The molecular weight excluding hydrogens is 632 g/mol. The number of esters is 1. The lowest BCUT2D eigenvalue weighted by Gasteiger charge is -2.59. The molecule has 0 heterocycles. The lowest BCUT2D eigenvalue weighted by molar-refractivity contribution is -0.156.